The fourth-order valence-corrected chi connectivity index (χ4v) is 4.84. The van der Waals surface area contributed by atoms with Crippen LogP contribution in [0, 0.1) is 5.92 Å². The maximum Gasteiger partial charge on any atom is 0.216 e. The van der Waals surface area contributed by atoms with E-state index in [1.165, 1.54) is 0 Å². The highest BCUT2D eigenvalue weighted by Crippen LogP contribution is 2.28. The monoisotopic (exact) mass is 372 g/mol. The Morgan fingerprint density at radius 3 is 2.43 bits per heavy atom. The topological polar surface area (TPSA) is 72.2 Å². The van der Waals surface area contributed by atoms with E-state index in [0.29, 0.717) is 22.2 Å². The SMILES string of the molecule is Cl.NCC1CCCC1NS(=O)(=O)Cc1c(Cl)cccc1Cl. The van der Waals surface area contributed by atoms with Crippen molar-refractivity contribution in [2.75, 3.05) is 6.54 Å². The molecule has 1 fully saturated rings. The Morgan fingerprint density at radius 1 is 1.24 bits per heavy atom. The second-order valence-corrected chi connectivity index (χ2v) is 7.68. The van der Waals surface area contributed by atoms with E-state index < -0.39 is 10.0 Å². The first-order chi connectivity index (χ1) is 9.43. The third-order valence-electron chi connectivity index (χ3n) is 3.69. The number of nitrogens with one attached hydrogen (secondary N) is 1. The number of benzene rings is 1. The third kappa shape index (κ3) is 4.98. The number of halogens is 3. The summed E-state index contributed by atoms with van der Waals surface area (Å²) < 4.78 is 27.2. The molecular weight excluding hydrogens is 355 g/mol. The van der Waals surface area contributed by atoms with Gasteiger partial charge in [0.05, 0.1) is 5.75 Å². The van der Waals surface area contributed by atoms with Crippen LogP contribution in [-0.4, -0.2) is 21.0 Å². The summed E-state index contributed by atoms with van der Waals surface area (Å²) in [5.74, 6) is 0.00531. The first-order valence-corrected chi connectivity index (χ1v) is 8.96. The predicted octanol–water partition coefficient (Wildman–Crippen LogP) is 2.96. The molecule has 3 N–H and O–H groups in total. The average Bonchev–Trinajstić information content (AvgIpc) is 2.80. The highest BCUT2D eigenvalue weighted by molar-refractivity contribution is 7.88. The van der Waals surface area contributed by atoms with Crippen molar-refractivity contribution < 1.29 is 8.42 Å². The fraction of sp³-hybridized carbons (Fsp3) is 0.538. The molecule has 0 amide bonds. The molecule has 0 radical (unpaired) electrons. The van der Waals surface area contributed by atoms with Crippen molar-refractivity contribution >= 4 is 45.6 Å². The Balaban J connectivity index is 0.00000220. The molecule has 0 saturated heterocycles. The van der Waals surface area contributed by atoms with Crippen molar-refractivity contribution in [3.05, 3.63) is 33.8 Å². The molecule has 1 aliphatic rings. The standard InChI is InChI=1S/C13H18Cl2N2O2S.ClH/c14-11-4-2-5-12(15)10(11)8-20(18,19)17-13-6-1-3-9(13)7-16;/h2,4-5,9,13,17H,1,3,6-8,16H2;1H. The zero-order chi connectivity index (χ0) is 14.8. The zero-order valence-electron chi connectivity index (χ0n) is 11.4. The van der Waals surface area contributed by atoms with Gasteiger partial charge in [0.25, 0.3) is 0 Å². The maximum absolute atomic E-state index is 12.3. The summed E-state index contributed by atoms with van der Waals surface area (Å²) >= 11 is 12.0. The molecule has 2 atom stereocenters. The predicted molar refractivity (Wildman–Crippen MR) is 89.7 cm³/mol. The lowest BCUT2D eigenvalue weighted by Crippen LogP contribution is -2.40. The number of hydrogen-bond acceptors (Lipinski definition) is 3. The lowest BCUT2D eigenvalue weighted by Gasteiger charge is -2.19. The van der Waals surface area contributed by atoms with E-state index in [0.717, 1.165) is 19.3 Å². The number of nitrogens with two attached hydrogens (primary N) is 1. The summed E-state index contributed by atoms with van der Waals surface area (Å²) in [6.07, 6.45) is 2.80. The van der Waals surface area contributed by atoms with Gasteiger partial charge < -0.3 is 5.73 Å². The summed E-state index contributed by atoms with van der Waals surface area (Å²) in [7, 11) is -3.48. The highest BCUT2D eigenvalue weighted by Gasteiger charge is 2.30. The van der Waals surface area contributed by atoms with Gasteiger partial charge in [-0.2, -0.15) is 0 Å². The van der Waals surface area contributed by atoms with Gasteiger partial charge in [0.2, 0.25) is 10.0 Å². The molecule has 1 aliphatic carbocycles. The summed E-state index contributed by atoms with van der Waals surface area (Å²) in [6, 6.07) is 4.88. The summed E-state index contributed by atoms with van der Waals surface area (Å²) in [5.41, 5.74) is 6.10. The lowest BCUT2D eigenvalue weighted by molar-refractivity contribution is 0.452. The first kappa shape index (κ1) is 19.0. The summed E-state index contributed by atoms with van der Waals surface area (Å²) in [6.45, 7) is 0.500. The molecule has 0 bridgehead atoms. The van der Waals surface area contributed by atoms with Crippen LogP contribution in [0.5, 0.6) is 0 Å². The van der Waals surface area contributed by atoms with Crippen LogP contribution >= 0.6 is 35.6 Å². The Morgan fingerprint density at radius 2 is 1.86 bits per heavy atom. The summed E-state index contributed by atoms with van der Waals surface area (Å²) in [4.78, 5) is 0. The molecule has 0 heterocycles. The average molecular weight is 374 g/mol. The Bertz CT molecular complexity index is 561. The molecule has 4 nitrogen and oxygen atoms in total. The van der Waals surface area contributed by atoms with E-state index in [-0.39, 0.29) is 30.1 Å². The van der Waals surface area contributed by atoms with Gasteiger partial charge in [0.15, 0.2) is 0 Å². The van der Waals surface area contributed by atoms with Crippen molar-refractivity contribution in [3.8, 4) is 0 Å². The molecule has 0 aliphatic heterocycles. The molecule has 2 rings (SSSR count). The molecule has 0 aromatic heterocycles. The molecule has 2 unspecified atom stereocenters. The van der Waals surface area contributed by atoms with E-state index in [1.54, 1.807) is 18.2 Å². The van der Waals surface area contributed by atoms with Crippen LogP contribution in [0.1, 0.15) is 24.8 Å². The molecule has 21 heavy (non-hydrogen) atoms. The van der Waals surface area contributed by atoms with Gasteiger partial charge >= 0.3 is 0 Å². The van der Waals surface area contributed by atoms with E-state index in [1.807, 2.05) is 0 Å². The van der Waals surface area contributed by atoms with Gasteiger partial charge in [-0.3, -0.25) is 0 Å². The van der Waals surface area contributed by atoms with Crippen LogP contribution in [0.4, 0.5) is 0 Å². The second-order valence-electron chi connectivity index (χ2n) is 5.11. The molecule has 120 valence electrons. The van der Waals surface area contributed by atoms with E-state index >= 15 is 0 Å². The quantitative estimate of drug-likeness (QED) is 0.833. The van der Waals surface area contributed by atoms with Crippen LogP contribution in [0.25, 0.3) is 0 Å². The van der Waals surface area contributed by atoms with Crippen molar-refractivity contribution in [3.63, 3.8) is 0 Å². The van der Waals surface area contributed by atoms with Gasteiger partial charge in [-0.05, 0) is 37.4 Å². The van der Waals surface area contributed by atoms with Gasteiger partial charge in [-0.15, -0.1) is 12.4 Å². The minimum Gasteiger partial charge on any atom is -0.330 e. The number of sulfonamides is 1. The zero-order valence-corrected chi connectivity index (χ0v) is 14.5. The van der Waals surface area contributed by atoms with Crippen molar-refractivity contribution in [1.82, 2.24) is 4.72 Å². The molecular formula is C13H19Cl3N2O2S. The van der Waals surface area contributed by atoms with E-state index in [9.17, 15) is 8.42 Å². The Labute approximate surface area is 141 Å². The highest BCUT2D eigenvalue weighted by atomic mass is 35.5. The normalized spacial score (nSPS) is 22.0. The Kier molecular flexibility index (Phi) is 7.24. The summed E-state index contributed by atoms with van der Waals surface area (Å²) in [5, 5.41) is 0.731. The van der Waals surface area contributed by atoms with Crippen molar-refractivity contribution in [1.29, 1.82) is 0 Å². The smallest absolute Gasteiger partial charge is 0.216 e. The first-order valence-electron chi connectivity index (χ1n) is 6.56. The molecule has 1 saturated carbocycles. The van der Waals surface area contributed by atoms with Gasteiger partial charge in [-0.25, -0.2) is 13.1 Å². The molecule has 8 heteroatoms. The second kappa shape index (κ2) is 7.99. The van der Waals surface area contributed by atoms with E-state index in [2.05, 4.69) is 4.72 Å². The van der Waals surface area contributed by atoms with Crippen LogP contribution in [0.2, 0.25) is 10.0 Å². The van der Waals surface area contributed by atoms with Crippen LogP contribution < -0.4 is 10.5 Å². The fourth-order valence-electron chi connectivity index (χ4n) is 2.61. The van der Waals surface area contributed by atoms with Crippen LogP contribution in [0.3, 0.4) is 0 Å². The minimum absolute atomic E-state index is 0. The number of rotatable bonds is 5. The number of hydrogen-bond donors (Lipinski definition) is 2. The maximum atomic E-state index is 12.3. The Hall–Kier alpha value is -0.0400. The van der Waals surface area contributed by atoms with Gasteiger partial charge in [0, 0.05) is 21.7 Å². The van der Waals surface area contributed by atoms with Crippen LogP contribution in [0.15, 0.2) is 18.2 Å². The van der Waals surface area contributed by atoms with E-state index in [4.69, 9.17) is 28.9 Å². The molecule has 1 aromatic rings. The molecule has 1 aromatic carbocycles. The van der Waals surface area contributed by atoms with Crippen molar-refractivity contribution in [2.24, 2.45) is 11.7 Å². The van der Waals surface area contributed by atoms with Gasteiger partial charge in [-0.1, -0.05) is 35.7 Å². The minimum atomic E-state index is -3.48. The van der Waals surface area contributed by atoms with Crippen molar-refractivity contribution in [2.45, 2.75) is 31.1 Å². The lowest BCUT2D eigenvalue weighted by atomic mass is 10.1. The van der Waals surface area contributed by atoms with Crippen LogP contribution in [-0.2, 0) is 15.8 Å². The third-order valence-corrected chi connectivity index (χ3v) is 5.73. The van der Waals surface area contributed by atoms with Gasteiger partial charge in [0.1, 0.15) is 0 Å². The molecule has 0 spiro atoms. The largest absolute Gasteiger partial charge is 0.330 e.